The number of halogens is 2. The second-order valence-corrected chi connectivity index (χ2v) is 3.99. The third-order valence-corrected chi connectivity index (χ3v) is 2.18. The molecule has 0 saturated carbocycles. The van der Waals surface area contributed by atoms with E-state index in [0.29, 0.717) is 5.56 Å². The lowest BCUT2D eigenvalue weighted by Crippen LogP contribution is -2.11. The van der Waals surface area contributed by atoms with Crippen molar-refractivity contribution in [3.8, 4) is 0 Å². The van der Waals surface area contributed by atoms with E-state index in [4.69, 9.17) is 0 Å². The summed E-state index contributed by atoms with van der Waals surface area (Å²) in [5.41, 5.74) is 0.234. The minimum atomic E-state index is -2.90. The molecule has 15 heavy (non-hydrogen) atoms. The highest BCUT2D eigenvalue weighted by Gasteiger charge is 2.25. The van der Waals surface area contributed by atoms with E-state index in [9.17, 15) is 13.6 Å². The van der Waals surface area contributed by atoms with Crippen molar-refractivity contribution in [2.75, 3.05) is 0 Å². The normalized spacial score (nSPS) is 11.9. The molecule has 1 aromatic rings. The summed E-state index contributed by atoms with van der Waals surface area (Å²) in [4.78, 5) is 11.6. The summed E-state index contributed by atoms with van der Waals surface area (Å²) in [6, 6.07) is 5.65. The van der Waals surface area contributed by atoms with Crippen LogP contribution in [-0.4, -0.2) is 5.78 Å². The Balaban J connectivity index is 3.09. The van der Waals surface area contributed by atoms with Crippen LogP contribution in [0.3, 0.4) is 0 Å². The molecular formula is C12H14F2O. The van der Waals surface area contributed by atoms with Gasteiger partial charge in [-0.2, -0.15) is 0 Å². The van der Waals surface area contributed by atoms with Crippen molar-refractivity contribution in [3.05, 3.63) is 35.4 Å². The molecule has 82 valence electrons. The first-order valence-corrected chi connectivity index (χ1v) is 4.85. The van der Waals surface area contributed by atoms with Crippen LogP contribution in [0, 0.1) is 5.92 Å². The Kier molecular flexibility index (Phi) is 3.22. The lowest BCUT2D eigenvalue weighted by molar-refractivity contribution is 0.0174. The van der Waals surface area contributed by atoms with E-state index in [1.165, 1.54) is 18.2 Å². The molecule has 0 heterocycles. The SMILES string of the molecule is CC(C)C(=O)c1cccc(C(C)(F)F)c1. The van der Waals surface area contributed by atoms with Gasteiger partial charge >= 0.3 is 0 Å². The maximum absolute atomic E-state index is 13.0. The summed E-state index contributed by atoms with van der Waals surface area (Å²) in [6.45, 7) is 4.32. The number of hydrogen-bond donors (Lipinski definition) is 0. The Morgan fingerprint density at radius 1 is 1.33 bits per heavy atom. The third kappa shape index (κ3) is 2.85. The fourth-order valence-corrected chi connectivity index (χ4v) is 1.28. The van der Waals surface area contributed by atoms with Crippen molar-refractivity contribution in [1.29, 1.82) is 0 Å². The monoisotopic (exact) mass is 212 g/mol. The number of Topliss-reactive ketones (excluding diaryl/α,β-unsaturated/α-hetero) is 1. The first kappa shape index (κ1) is 11.8. The van der Waals surface area contributed by atoms with Crippen molar-refractivity contribution in [2.45, 2.75) is 26.7 Å². The average Bonchev–Trinajstić information content (AvgIpc) is 2.15. The second-order valence-electron chi connectivity index (χ2n) is 3.99. The van der Waals surface area contributed by atoms with Gasteiger partial charge in [-0.1, -0.05) is 32.0 Å². The Hall–Kier alpha value is -1.25. The summed E-state index contributed by atoms with van der Waals surface area (Å²) < 4.78 is 26.0. The molecular weight excluding hydrogens is 198 g/mol. The fourth-order valence-electron chi connectivity index (χ4n) is 1.28. The van der Waals surface area contributed by atoms with Crippen molar-refractivity contribution >= 4 is 5.78 Å². The standard InChI is InChI=1S/C12H14F2O/c1-8(2)11(15)9-5-4-6-10(7-9)12(3,13)14/h4-8H,1-3H3. The molecule has 1 aromatic carbocycles. The highest BCUT2D eigenvalue weighted by Crippen LogP contribution is 2.27. The van der Waals surface area contributed by atoms with Crippen LogP contribution in [-0.2, 0) is 5.92 Å². The van der Waals surface area contributed by atoms with Gasteiger partial charge in [0.25, 0.3) is 5.92 Å². The minimum absolute atomic E-state index is 0.110. The molecule has 0 atom stereocenters. The lowest BCUT2D eigenvalue weighted by atomic mass is 9.98. The summed E-state index contributed by atoms with van der Waals surface area (Å²) in [5, 5.41) is 0. The van der Waals surface area contributed by atoms with Gasteiger partial charge in [0, 0.05) is 24.0 Å². The molecule has 3 heteroatoms. The Labute approximate surface area is 88.1 Å². The van der Waals surface area contributed by atoms with E-state index in [2.05, 4.69) is 0 Å². The van der Waals surface area contributed by atoms with Gasteiger partial charge in [-0.15, -0.1) is 0 Å². The molecule has 0 aromatic heterocycles. The first-order valence-electron chi connectivity index (χ1n) is 4.85. The van der Waals surface area contributed by atoms with Crippen LogP contribution < -0.4 is 0 Å². The summed E-state index contributed by atoms with van der Waals surface area (Å²) in [7, 11) is 0. The molecule has 0 unspecified atom stereocenters. The molecule has 0 amide bonds. The maximum atomic E-state index is 13.0. The van der Waals surface area contributed by atoms with Gasteiger partial charge in [-0.25, -0.2) is 8.78 Å². The van der Waals surface area contributed by atoms with E-state index in [0.717, 1.165) is 6.92 Å². The van der Waals surface area contributed by atoms with Gasteiger partial charge in [0.15, 0.2) is 5.78 Å². The molecule has 0 aliphatic carbocycles. The average molecular weight is 212 g/mol. The van der Waals surface area contributed by atoms with Gasteiger partial charge in [0.1, 0.15) is 0 Å². The number of rotatable bonds is 3. The third-order valence-electron chi connectivity index (χ3n) is 2.18. The van der Waals surface area contributed by atoms with Gasteiger partial charge < -0.3 is 0 Å². The predicted octanol–water partition coefficient (Wildman–Crippen LogP) is 3.64. The van der Waals surface area contributed by atoms with Crippen molar-refractivity contribution < 1.29 is 13.6 Å². The van der Waals surface area contributed by atoms with E-state index >= 15 is 0 Å². The van der Waals surface area contributed by atoms with Crippen LogP contribution in [0.1, 0.15) is 36.7 Å². The van der Waals surface area contributed by atoms with E-state index in [1.807, 2.05) is 0 Å². The van der Waals surface area contributed by atoms with Crippen LogP contribution in [0.2, 0.25) is 0 Å². The number of carbonyl (C=O) groups is 1. The highest BCUT2D eigenvalue weighted by molar-refractivity contribution is 5.97. The molecule has 0 fully saturated rings. The van der Waals surface area contributed by atoms with Gasteiger partial charge in [-0.05, 0) is 6.07 Å². The summed E-state index contributed by atoms with van der Waals surface area (Å²) in [6.07, 6.45) is 0. The van der Waals surface area contributed by atoms with Gasteiger partial charge in [-0.3, -0.25) is 4.79 Å². The molecule has 0 N–H and O–H groups in total. The Morgan fingerprint density at radius 3 is 2.40 bits per heavy atom. The smallest absolute Gasteiger partial charge is 0.270 e. The number of carbonyl (C=O) groups excluding carboxylic acids is 1. The molecule has 0 bridgehead atoms. The Morgan fingerprint density at radius 2 is 1.93 bits per heavy atom. The minimum Gasteiger partial charge on any atom is -0.294 e. The molecule has 0 radical (unpaired) electrons. The first-order chi connectivity index (χ1) is 6.82. The van der Waals surface area contributed by atoms with E-state index in [-0.39, 0.29) is 17.3 Å². The zero-order valence-electron chi connectivity index (χ0n) is 9.05. The van der Waals surface area contributed by atoms with Crippen LogP contribution >= 0.6 is 0 Å². The maximum Gasteiger partial charge on any atom is 0.270 e. The van der Waals surface area contributed by atoms with Crippen molar-refractivity contribution in [3.63, 3.8) is 0 Å². The zero-order valence-corrected chi connectivity index (χ0v) is 9.05. The van der Waals surface area contributed by atoms with Crippen LogP contribution in [0.15, 0.2) is 24.3 Å². The van der Waals surface area contributed by atoms with Crippen molar-refractivity contribution in [2.24, 2.45) is 5.92 Å². The molecule has 0 aliphatic rings. The zero-order chi connectivity index (χ0) is 11.6. The summed E-state index contributed by atoms with van der Waals surface area (Å²) >= 11 is 0. The summed E-state index contributed by atoms with van der Waals surface area (Å²) in [5.74, 6) is -3.18. The number of alkyl halides is 2. The van der Waals surface area contributed by atoms with Gasteiger partial charge in [0.05, 0.1) is 0 Å². The fraction of sp³-hybridized carbons (Fsp3) is 0.417. The lowest BCUT2D eigenvalue weighted by Gasteiger charge is -2.12. The van der Waals surface area contributed by atoms with Crippen LogP contribution in [0.25, 0.3) is 0 Å². The van der Waals surface area contributed by atoms with E-state index in [1.54, 1.807) is 19.9 Å². The van der Waals surface area contributed by atoms with Crippen molar-refractivity contribution in [1.82, 2.24) is 0 Å². The molecule has 0 saturated heterocycles. The van der Waals surface area contributed by atoms with Crippen LogP contribution in [0.4, 0.5) is 8.78 Å². The molecule has 1 rings (SSSR count). The highest BCUT2D eigenvalue weighted by atomic mass is 19.3. The van der Waals surface area contributed by atoms with Crippen LogP contribution in [0.5, 0.6) is 0 Å². The largest absolute Gasteiger partial charge is 0.294 e. The molecule has 0 spiro atoms. The second kappa shape index (κ2) is 4.09. The number of hydrogen-bond acceptors (Lipinski definition) is 1. The van der Waals surface area contributed by atoms with E-state index < -0.39 is 5.92 Å². The molecule has 1 nitrogen and oxygen atoms in total. The topological polar surface area (TPSA) is 17.1 Å². The molecule has 0 aliphatic heterocycles. The quantitative estimate of drug-likeness (QED) is 0.699. The number of ketones is 1. The number of benzene rings is 1. The Bertz CT molecular complexity index is 364. The van der Waals surface area contributed by atoms with Gasteiger partial charge in [0.2, 0.25) is 0 Å². The predicted molar refractivity (Wildman–Crippen MR) is 55.2 cm³/mol.